The Hall–Kier alpha value is -1.94. The Kier molecular flexibility index (Phi) is 3.58. The third-order valence-electron chi connectivity index (χ3n) is 1.86. The van der Waals surface area contributed by atoms with E-state index >= 15 is 0 Å². The number of alkyl halides is 1. The summed E-state index contributed by atoms with van der Waals surface area (Å²) < 4.78 is 0. The molecule has 0 spiro atoms. The Morgan fingerprint density at radius 3 is 2.69 bits per heavy atom. The van der Waals surface area contributed by atoms with E-state index in [1.165, 1.54) is 0 Å². The number of nitrogens with zero attached hydrogens (tertiary/aromatic N) is 2. The van der Waals surface area contributed by atoms with Crippen LogP contribution in [0.1, 0.15) is 15.9 Å². The summed E-state index contributed by atoms with van der Waals surface area (Å²) in [7, 11) is 0. The first-order valence-corrected chi connectivity index (χ1v) is 5.14. The molecule has 7 heteroatoms. The van der Waals surface area contributed by atoms with Crippen molar-refractivity contribution >= 4 is 27.4 Å². The monoisotopic (exact) mass is 284 g/mol. The number of Topliss-reactive ketones (excluding diaryl/α,β-unsaturated/α-hetero) is 1. The Bertz CT molecular complexity index is 507. The van der Waals surface area contributed by atoms with E-state index < -0.39 is 22.1 Å². The van der Waals surface area contributed by atoms with Gasteiger partial charge in [0.05, 0.1) is 15.8 Å². The first kappa shape index (κ1) is 12.1. The molecule has 0 aliphatic heterocycles. The third-order valence-corrected chi connectivity index (χ3v) is 2.37. The first-order valence-electron chi connectivity index (χ1n) is 4.02. The van der Waals surface area contributed by atoms with Crippen LogP contribution in [-0.4, -0.2) is 21.1 Å². The zero-order valence-electron chi connectivity index (χ0n) is 7.81. The highest BCUT2D eigenvalue weighted by Crippen LogP contribution is 2.32. The highest BCUT2D eigenvalue weighted by Gasteiger charge is 2.27. The van der Waals surface area contributed by atoms with Crippen LogP contribution in [0.25, 0.3) is 0 Å². The Labute approximate surface area is 98.4 Å². The van der Waals surface area contributed by atoms with Gasteiger partial charge in [0.2, 0.25) is 0 Å². The number of rotatable bonds is 3. The molecule has 0 heterocycles. The number of hydrogen-bond donors (Lipinski definition) is 1. The minimum Gasteiger partial charge on any atom is -0.502 e. The van der Waals surface area contributed by atoms with Crippen LogP contribution in [0.15, 0.2) is 12.1 Å². The number of nitro groups is 1. The summed E-state index contributed by atoms with van der Waals surface area (Å²) in [5.41, 5.74) is -1.23. The van der Waals surface area contributed by atoms with Gasteiger partial charge in [0.25, 0.3) is 0 Å². The fourth-order valence-electron chi connectivity index (χ4n) is 1.21. The number of halogens is 1. The van der Waals surface area contributed by atoms with Crippen molar-refractivity contribution in [3.63, 3.8) is 0 Å². The summed E-state index contributed by atoms with van der Waals surface area (Å²) >= 11 is 2.86. The van der Waals surface area contributed by atoms with Gasteiger partial charge in [-0.15, -0.1) is 0 Å². The number of phenolic OH excluding ortho intramolecular Hbond substituents is 1. The van der Waals surface area contributed by atoms with Crippen LogP contribution in [0.3, 0.4) is 0 Å². The highest BCUT2D eigenvalue weighted by molar-refractivity contribution is 9.09. The van der Waals surface area contributed by atoms with Crippen molar-refractivity contribution in [3.8, 4) is 11.8 Å². The van der Waals surface area contributed by atoms with Crippen molar-refractivity contribution in [1.29, 1.82) is 5.26 Å². The van der Waals surface area contributed by atoms with Gasteiger partial charge in [0, 0.05) is 0 Å². The van der Waals surface area contributed by atoms with Crippen LogP contribution in [-0.2, 0) is 0 Å². The molecule has 1 N–H and O–H groups in total. The molecule has 0 unspecified atom stereocenters. The molecule has 82 valence electrons. The average Bonchev–Trinajstić information content (AvgIpc) is 2.27. The smallest absolute Gasteiger partial charge is 0.322 e. The second-order valence-electron chi connectivity index (χ2n) is 2.78. The van der Waals surface area contributed by atoms with Crippen molar-refractivity contribution in [1.82, 2.24) is 0 Å². The molecule has 0 amide bonds. The van der Waals surface area contributed by atoms with E-state index in [0.717, 1.165) is 12.1 Å². The molecule has 0 aliphatic rings. The maximum atomic E-state index is 11.5. The molecule has 0 bridgehead atoms. The summed E-state index contributed by atoms with van der Waals surface area (Å²) in [6, 6.07) is 3.86. The second-order valence-corrected chi connectivity index (χ2v) is 3.34. The van der Waals surface area contributed by atoms with E-state index in [2.05, 4.69) is 15.9 Å². The number of benzene rings is 1. The summed E-state index contributed by atoms with van der Waals surface area (Å²) in [5, 5.41) is 28.6. The minimum atomic E-state index is -0.883. The van der Waals surface area contributed by atoms with Gasteiger partial charge in [-0.05, 0) is 12.1 Å². The zero-order valence-corrected chi connectivity index (χ0v) is 9.39. The van der Waals surface area contributed by atoms with Gasteiger partial charge in [-0.2, -0.15) is 5.26 Å². The van der Waals surface area contributed by atoms with E-state index in [1.54, 1.807) is 6.07 Å². The lowest BCUT2D eigenvalue weighted by molar-refractivity contribution is -0.386. The Balaban J connectivity index is 3.63. The number of carbonyl (C=O) groups excluding carboxylic acids is 1. The summed E-state index contributed by atoms with van der Waals surface area (Å²) in [4.78, 5) is 21.3. The van der Waals surface area contributed by atoms with Gasteiger partial charge in [-0.25, -0.2) is 0 Å². The largest absolute Gasteiger partial charge is 0.502 e. The molecule has 1 aromatic rings. The predicted octanol–water partition coefficient (Wildman–Crippen LogP) is 1.75. The molecule has 16 heavy (non-hydrogen) atoms. The lowest BCUT2D eigenvalue weighted by Gasteiger charge is -2.03. The van der Waals surface area contributed by atoms with Gasteiger partial charge in [-0.1, -0.05) is 15.9 Å². The van der Waals surface area contributed by atoms with Crippen LogP contribution in [0.2, 0.25) is 0 Å². The highest BCUT2D eigenvalue weighted by atomic mass is 79.9. The first-order chi connectivity index (χ1) is 7.52. The van der Waals surface area contributed by atoms with Gasteiger partial charge >= 0.3 is 5.69 Å². The van der Waals surface area contributed by atoms with Gasteiger partial charge < -0.3 is 5.11 Å². The molecule has 0 radical (unpaired) electrons. The van der Waals surface area contributed by atoms with E-state index in [1.807, 2.05) is 0 Å². The summed E-state index contributed by atoms with van der Waals surface area (Å²) in [5.74, 6) is -1.26. The van der Waals surface area contributed by atoms with E-state index in [0.29, 0.717) is 0 Å². The van der Waals surface area contributed by atoms with Crippen molar-refractivity contribution in [2.75, 3.05) is 5.33 Å². The third kappa shape index (κ3) is 2.01. The number of hydrogen-bond acceptors (Lipinski definition) is 5. The molecule has 0 aliphatic carbocycles. The minimum absolute atomic E-state index is 0.131. The molecule has 0 saturated heterocycles. The van der Waals surface area contributed by atoms with Crippen molar-refractivity contribution in [2.24, 2.45) is 0 Å². The van der Waals surface area contributed by atoms with Crippen LogP contribution < -0.4 is 0 Å². The van der Waals surface area contributed by atoms with Gasteiger partial charge in [-0.3, -0.25) is 14.9 Å². The Morgan fingerprint density at radius 2 is 2.25 bits per heavy atom. The fraction of sp³-hybridized carbons (Fsp3) is 0.111. The molecule has 0 fully saturated rings. The molecule has 1 aromatic carbocycles. The number of nitriles is 1. The average molecular weight is 285 g/mol. The van der Waals surface area contributed by atoms with Crippen molar-refractivity contribution in [2.45, 2.75) is 0 Å². The zero-order chi connectivity index (χ0) is 12.3. The fourth-order valence-corrected chi connectivity index (χ4v) is 1.49. The number of phenols is 1. The molecule has 6 nitrogen and oxygen atoms in total. The van der Waals surface area contributed by atoms with Crippen LogP contribution >= 0.6 is 15.9 Å². The maximum absolute atomic E-state index is 11.5. The topological polar surface area (TPSA) is 104 Å². The number of aromatic hydroxyl groups is 1. The standard InChI is InChI=1S/C9H5BrN2O4/c10-3-7(14)8-5(4-11)1-2-6(13)9(8)12(15)16/h1-2,13H,3H2. The molecule has 0 atom stereocenters. The molecule has 0 aromatic heterocycles. The van der Waals surface area contributed by atoms with E-state index in [9.17, 15) is 20.0 Å². The Morgan fingerprint density at radius 1 is 1.62 bits per heavy atom. The normalized spacial score (nSPS) is 9.50. The number of carbonyl (C=O) groups is 1. The second kappa shape index (κ2) is 4.72. The summed E-state index contributed by atoms with van der Waals surface area (Å²) in [6.07, 6.45) is 0. The number of ketones is 1. The van der Waals surface area contributed by atoms with Crippen LogP contribution in [0.4, 0.5) is 5.69 Å². The van der Waals surface area contributed by atoms with Gasteiger partial charge in [0.15, 0.2) is 11.5 Å². The van der Waals surface area contributed by atoms with E-state index in [-0.39, 0.29) is 16.5 Å². The van der Waals surface area contributed by atoms with Crippen LogP contribution in [0.5, 0.6) is 5.75 Å². The quantitative estimate of drug-likeness (QED) is 0.394. The molecule has 0 saturated carbocycles. The van der Waals surface area contributed by atoms with Gasteiger partial charge in [0.1, 0.15) is 11.6 Å². The summed E-state index contributed by atoms with van der Waals surface area (Å²) in [6.45, 7) is 0. The van der Waals surface area contributed by atoms with Crippen molar-refractivity contribution in [3.05, 3.63) is 33.4 Å². The van der Waals surface area contributed by atoms with E-state index in [4.69, 9.17) is 5.26 Å². The number of nitro benzene ring substituents is 1. The lowest BCUT2D eigenvalue weighted by atomic mass is 10.0. The molecular formula is C9H5BrN2O4. The predicted molar refractivity (Wildman–Crippen MR) is 57.6 cm³/mol. The molecule has 1 rings (SSSR count). The lowest BCUT2D eigenvalue weighted by Crippen LogP contribution is -2.07. The van der Waals surface area contributed by atoms with Crippen molar-refractivity contribution < 1.29 is 14.8 Å². The molecular weight excluding hydrogens is 280 g/mol. The SMILES string of the molecule is N#Cc1ccc(O)c([N+](=O)[O-])c1C(=O)CBr. The maximum Gasteiger partial charge on any atom is 0.322 e. The van der Waals surface area contributed by atoms with Crippen LogP contribution in [0, 0.1) is 21.4 Å².